The van der Waals surface area contributed by atoms with Crippen LogP contribution in [-0.2, 0) is 11.2 Å². The molecule has 1 saturated heterocycles. The van der Waals surface area contributed by atoms with Gasteiger partial charge in [-0.3, -0.25) is 9.69 Å². The fourth-order valence-corrected chi connectivity index (χ4v) is 4.35. The molecule has 0 unspecified atom stereocenters. The second kappa shape index (κ2) is 7.84. The number of ether oxygens (including phenoxy) is 2. The SMILES string of the molecule is CCN(CC)C(=O)[C@H]1CN2CCc3cc(OC)c(OC)cc3[C@@H]2C[C@@H]1O. The van der Waals surface area contributed by atoms with Crippen LogP contribution in [0.15, 0.2) is 12.1 Å². The first-order valence-electron chi connectivity index (χ1n) is 9.49. The normalized spacial score (nSPS) is 25.2. The molecule has 1 aromatic rings. The summed E-state index contributed by atoms with van der Waals surface area (Å²) in [7, 11) is 3.28. The van der Waals surface area contributed by atoms with Crippen molar-refractivity contribution in [2.75, 3.05) is 40.4 Å². The first kappa shape index (κ1) is 19.0. The Kier molecular flexibility index (Phi) is 5.73. The number of hydrogen-bond acceptors (Lipinski definition) is 5. The van der Waals surface area contributed by atoms with E-state index in [-0.39, 0.29) is 17.9 Å². The largest absolute Gasteiger partial charge is 0.493 e. The molecule has 6 heteroatoms. The van der Waals surface area contributed by atoms with Gasteiger partial charge >= 0.3 is 0 Å². The monoisotopic (exact) mass is 362 g/mol. The summed E-state index contributed by atoms with van der Waals surface area (Å²) in [6, 6.07) is 4.20. The fourth-order valence-electron chi connectivity index (χ4n) is 4.35. The first-order chi connectivity index (χ1) is 12.5. The number of carbonyl (C=O) groups excluding carboxylic acids is 1. The Hall–Kier alpha value is -1.79. The van der Waals surface area contributed by atoms with Gasteiger partial charge < -0.3 is 19.5 Å². The molecule has 2 aliphatic rings. The quantitative estimate of drug-likeness (QED) is 0.866. The summed E-state index contributed by atoms with van der Waals surface area (Å²) >= 11 is 0. The van der Waals surface area contributed by atoms with E-state index in [0.29, 0.717) is 31.8 Å². The number of hydrogen-bond donors (Lipinski definition) is 1. The summed E-state index contributed by atoms with van der Waals surface area (Å²) in [6.45, 7) is 6.83. The Morgan fingerprint density at radius 2 is 1.88 bits per heavy atom. The van der Waals surface area contributed by atoms with Crippen molar-refractivity contribution in [2.45, 2.75) is 38.8 Å². The van der Waals surface area contributed by atoms with Crippen molar-refractivity contribution in [1.82, 2.24) is 9.80 Å². The number of carbonyl (C=O) groups is 1. The zero-order valence-electron chi connectivity index (χ0n) is 16.2. The van der Waals surface area contributed by atoms with Gasteiger partial charge in [0.2, 0.25) is 5.91 Å². The van der Waals surface area contributed by atoms with Crippen LogP contribution in [0.4, 0.5) is 0 Å². The van der Waals surface area contributed by atoms with E-state index in [2.05, 4.69) is 4.90 Å². The molecule has 0 radical (unpaired) electrons. The molecule has 1 fully saturated rings. The third-order valence-corrected chi connectivity index (χ3v) is 5.87. The second-order valence-corrected chi connectivity index (χ2v) is 7.09. The number of benzene rings is 1. The van der Waals surface area contributed by atoms with Gasteiger partial charge in [-0.2, -0.15) is 0 Å². The number of rotatable bonds is 5. The highest BCUT2D eigenvalue weighted by Crippen LogP contribution is 2.43. The van der Waals surface area contributed by atoms with Crippen molar-refractivity contribution in [3.8, 4) is 11.5 Å². The van der Waals surface area contributed by atoms with Gasteiger partial charge in [0.15, 0.2) is 11.5 Å². The Morgan fingerprint density at radius 3 is 2.50 bits per heavy atom. The minimum absolute atomic E-state index is 0.0686. The molecule has 144 valence electrons. The van der Waals surface area contributed by atoms with E-state index < -0.39 is 6.10 Å². The van der Waals surface area contributed by atoms with E-state index in [0.717, 1.165) is 18.7 Å². The maximum absolute atomic E-state index is 12.8. The molecule has 0 aromatic heterocycles. The van der Waals surface area contributed by atoms with E-state index in [1.807, 2.05) is 30.9 Å². The number of piperidine rings is 1. The summed E-state index contributed by atoms with van der Waals surface area (Å²) in [5, 5.41) is 10.7. The highest BCUT2D eigenvalue weighted by molar-refractivity contribution is 5.80. The molecular weight excluding hydrogens is 332 g/mol. The van der Waals surface area contributed by atoms with Crippen LogP contribution in [0.5, 0.6) is 11.5 Å². The number of methoxy groups -OCH3 is 2. The third-order valence-electron chi connectivity index (χ3n) is 5.87. The maximum atomic E-state index is 12.8. The van der Waals surface area contributed by atoms with Crippen LogP contribution in [0.2, 0.25) is 0 Å². The van der Waals surface area contributed by atoms with Gasteiger partial charge in [0.25, 0.3) is 0 Å². The van der Waals surface area contributed by atoms with E-state index in [1.165, 1.54) is 11.1 Å². The van der Waals surface area contributed by atoms with Crippen LogP contribution in [0.1, 0.15) is 37.4 Å². The molecule has 0 spiro atoms. The van der Waals surface area contributed by atoms with Gasteiger partial charge in [-0.1, -0.05) is 0 Å². The minimum atomic E-state index is -0.622. The number of amides is 1. The number of nitrogens with zero attached hydrogens (tertiary/aromatic N) is 2. The van der Waals surface area contributed by atoms with Crippen LogP contribution in [-0.4, -0.2) is 67.3 Å². The average molecular weight is 362 g/mol. The Labute approximate surface area is 155 Å². The molecule has 0 bridgehead atoms. The summed E-state index contributed by atoms with van der Waals surface area (Å²) in [6.07, 6.45) is 0.859. The molecule has 3 rings (SSSR count). The topological polar surface area (TPSA) is 62.2 Å². The zero-order valence-corrected chi connectivity index (χ0v) is 16.2. The lowest BCUT2D eigenvalue weighted by Crippen LogP contribution is -2.53. The van der Waals surface area contributed by atoms with Crippen molar-refractivity contribution >= 4 is 5.91 Å². The van der Waals surface area contributed by atoms with Crippen molar-refractivity contribution < 1.29 is 19.4 Å². The van der Waals surface area contributed by atoms with Crippen LogP contribution < -0.4 is 9.47 Å². The van der Waals surface area contributed by atoms with Crippen LogP contribution in [0.3, 0.4) is 0 Å². The van der Waals surface area contributed by atoms with Crippen LogP contribution >= 0.6 is 0 Å². The van der Waals surface area contributed by atoms with E-state index in [9.17, 15) is 9.90 Å². The van der Waals surface area contributed by atoms with Crippen molar-refractivity contribution in [3.63, 3.8) is 0 Å². The predicted molar refractivity (Wildman–Crippen MR) is 99.6 cm³/mol. The smallest absolute Gasteiger partial charge is 0.229 e. The van der Waals surface area contributed by atoms with Gasteiger partial charge in [-0.25, -0.2) is 0 Å². The average Bonchev–Trinajstić information content (AvgIpc) is 2.67. The molecule has 2 heterocycles. The van der Waals surface area contributed by atoms with Gasteiger partial charge in [0.1, 0.15) is 0 Å². The Balaban J connectivity index is 1.85. The van der Waals surface area contributed by atoms with Crippen molar-refractivity contribution in [2.24, 2.45) is 5.92 Å². The number of fused-ring (bicyclic) bond motifs is 3. The number of aliphatic hydroxyl groups is 1. The van der Waals surface area contributed by atoms with Gasteiger partial charge in [0.05, 0.1) is 26.2 Å². The highest BCUT2D eigenvalue weighted by atomic mass is 16.5. The third kappa shape index (κ3) is 3.28. The summed E-state index contributed by atoms with van der Waals surface area (Å²) in [5.41, 5.74) is 2.42. The van der Waals surface area contributed by atoms with Gasteiger partial charge in [-0.05, 0) is 49.9 Å². The molecule has 1 N–H and O–H groups in total. The van der Waals surface area contributed by atoms with Gasteiger partial charge in [0, 0.05) is 32.2 Å². The van der Waals surface area contributed by atoms with Gasteiger partial charge in [-0.15, -0.1) is 0 Å². The van der Waals surface area contributed by atoms with Crippen LogP contribution in [0.25, 0.3) is 0 Å². The zero-order chi connectivity index (χ0) is 18.8. The standard InChI is InChI=1S/C20H30N2O4/c1-5-21(6-2)20(24)15-12-22-8-7-13-9-18(25-3)19(26-4)10-14(13)16(22)11-17(15)23/h9-10,15-17,23H,5-8,11-12H2,1-4H3/t15-,16-,17-/m0/s1. The van der Waals surface area contributed by atoms with Crippen LogP contribution in [0, 0.1) is 5.92 Å². The van der Waals surface area contributed by atoms with E-state index in [4.69, 9.17) is 9.47 Å². The second-order valence-electron chi connectivity index (χ2n) is 7.09. The molecule has 1 aromatic carbocycles. The minimum Gasteiger partial charge on any atom is -0.493 e. The lowest BCUT2D eigenvalue weighted by atomic mass is 9.81. The van der Waals surface area contributed by atoms with Crippen molar-refractivity contribution in [3.05, 3.63) is 23.3 Å². The Bertz CT molecular complexity index is 659. The van der Waals surface area contributed by atoms with E-state index >= 15 is 0 Å². The molecule has 6 nitrogen and oxygen atoms in total. The lowest BCUT2D eigenvalue weighted by molar-refractivity contribution is -0.144. The molecule has 0 aliphatic carbocycles. The lowest BCUT2D eigenvalue weighted by Gasteiger charge is -2.46. The Morgan fingerprint density at radius 1 is 1.23 bits per heavy atom. The molecule has 2 aliphatic heterocycles. The summed E-state index contributed by atoms with van der Waals surface area (Å²) in [4.78, 5) is 16.9. The molecule has 0 saturated carbocycles. The van der Waals surface area contributed by atoms with E-state index in [1.54, 1.807) is 14.2 Å². The fraction of sp³-hybridized carbons (Fsp3) is 0.650. The maximum Gasteiger partial charge on any atom is 0.229 e. The number of aliphatic hydroxyl groups excluding tert-OH is 1. The molecule has 3 atom stereocenters. The summed E-state index contributed by atoms with van der Waals surface area (Å²) in [5.74, 6) is 1.18. The molecular formula is C20H30N2O4. The first-order valence-corrected chi connectivity index (χ1v) is 9.49. The molecule has 1 amide bonds. The molecule has 26 heavy (non-hydrogen) atoms. The predicted octanol–water partition coefficient (Wildman–Crippen LogP) is 1.85. The van der Waals surface area contributed by atoms with Crippen molar-refractivity contribution in [1.29, 1.82) is 0 Å². The highest BCUT2D eigenvalue weighted by Gasteiger charge is 2.42. The summed E-state index contributed by atoms with van der Waals surface area (Å²) < 4.78 is 10.9.